The second kappa shape index (κ2) is 17.1. The van der Waals surface area contributed by atoms with Gasteiger partial charge in [0.2, 0.25) is 17.7 Å². The van der Waals surface area contributed by atoms with Gasteiger partial charge in [-0.2, -0.15) is 0 Å². The van der Waals surface area contributed by atoms with Gasteiger partial charge in [0.1, 0.15) is 12.4 Å². The predicted octanol–water partition coefficient (Wildman–Crippen LogP) is 5.40. The summed E-state index contributed by atoms with van der Waals surface area (Å²) in [5.41, 5.74) is 10.2. The number of alkyl carbamates (subject to hydrolysis) is 1. The van der Waals surface area contributed by atoms with Gasteiger partial charge in [-0.25, -0.2) is 9.78 Å². The van der Waals surface area contributed by atoms with E-state index in [1.54, 1.807) is 34.3 Å². The molecule has 2 atom stereocenters. The van der Waals surface area contributed by atoms with Crippen molar-refractivity contribution in [2.75, 3.05) is 39.8 Å². The zero-order chi connectivity index (χ0) is 38.3. The van der Waals surface area contributed by atoms with Crippen LogP contribution < -0.4 is 21.7 Å². The lowest BCUT2D eigenvalue weighted by atomic mass is 9.90. The number of hydrogen-bond acceptors (Lipinski definition) is 9. The molecule has 1 saturated heterocycles. The first-order chi connectivity index (χ1) is 25.5. The Morgan fingerprint density at radius 3 is 2.53 bits per heavy atom. The largest absolute Gasteiger partial charge is 0.453 e. The number of imidazole rings is 1. The Morgan fingerprint density at radius 1 is 1.11 bits per heavy atom. The number of aromatic amines is 1. The van der Waals surface area contributed by atoms with Crippen molar-refractivity contribution in [3.05, 3.63) is 72.3 Å². The molecule has 14 heteroatoms. The number of nitrogens with one attached hydrogen (secondary N) is 4. The van der Waals surface area contributed by atoms with Gasteiger partial charge in [-0.05, 0) is 43.9 Å². The first-order valence-electron chi connectivity index (χ1n) is 18.1. The summed E-state index contributed by atoms with van der Waals surface area (Å²) in [6.45, 7) is 13.0. The summed E-state index contributed by atoms with van der Waals surface area (Å²) in [4.78, 5) is 60.8. The van der Waals surface area contributed by atoms with Gasteiger partial charge in [0.15, 0.2) is 5.66 Å². The molecule has 53 heavy (non-hydrogen) atoms. The van der Waals surface area contributed by atoms with Crippen LogP contribution in [0.2, 0.25) is 0 Å². The van der Waals surface area contributed by atoms with E-state index in [4.69, 9.17) is 10.7 Å². The third-order valence-corrected chi connectivity index (χ3v) is 10.9. The van der Waals surface area contributed by atoms with Crippen molar-refractivity contribution in [2.45, 2.75) is 59.0 Å². The van der Waals surface area contributed by atoms with Crippen molar-refractivity contribution in [2.24, 2.45) is 11.7 Å². The van der Waals surface area contributed by atoms with Crippen LogP contribution in [0.15, 0.2) is 60.9 Å². The normalized spacial score (nSPS) is 17.2. The second-order valence-electron chi connectivity index (χ2n) is 13.2. The summed E-state index contributed by atoms with van der Waals surface area (Å²) in [6, 6.07) is 12.7. The lowest BCUT2D eigenvalue weighted by molar-refractivity contribution is -0.136. The molecule has 13 nitrogen and oxygen atoms in total. The van der Waals surface area contributed by atoms with E-state index >= 15 is 0 Å². The molecular weight excluding hydrogens is 693 g/mol. The van der Waals surface area contributed by atoms with E-state index in [0.29, 0.717) is 37.6 Å². The van der Waals surface area contributed by atoms with Crippen molar-refractivity contribution in [3.63, 3.8) is 0 Å². The van der Waals surface area contributed by atoms with Gasteiger partial charge < -0.3 is 41.2 Å². The Morgan fingerprint density at radius 2 is 1.85 bits per heavy atom. The maximum Gasteiger partial charge on any atom is 0.407 e. The fourth-order valence-corrected chi connectivity index (χ4v) is 8.11. The first-order valence-corrected chi connectivity index (χ1v) is 18.9. The maximum absolute atomic E-state index is 13.2. The second-order valence-corrected chi connectivity index (χ2v) is 14.2. The number of ether oxygens (including phenoxy) is 1. The van der Waals surface area contributed by atoms with Gasteiger partial charge in [-0.15, -0.1) is 11.3 Å². The van der Waals surface area contributed by atoms with Crippen LogP contribution in [0.5, 0.6) is 0 Å². The Balaban J connectivity index is 1.34. The van der Waals surface area contributed by atoms with Crippen molar-refractivity contribution < 1.29 is 23.9 Å². The zero-order valence-corrected chi connectivity index (χ0v) is 32.0. The summed E-state index contributed by atoms with van der Waals surface area (Å²) >= 11 is 1.69. The number of aromatic nitrogens is 2. The van der Waals surface area contributed by atoms with Crippen molar-refractivity contribution in [1.29, 1.82) is 0 Å². The number of methoxy groups -OCH3 is 1. The van der Waals surface area contributed by atoms with Crippen LogP contribution in [0.4, 0.5) is 4.79 Å². The highest BCUT2D eigenvalue weighted by Crippen LogP contribution is 2.41. The molecule has 0 spiro atoms. The molecule has 2 aromatic carbocycles. The van der Waals surface area contributed by atoms with Gasteiger partial charge in [-0.3, -0.25) is 14.4 Å². The third-order valence-electron chi connectivity index (χ3n) is 9.77. The molecule has 3 heterocycles. The molecule has 4 aromatic rings. The van der Waals surface area contributed by atoms with Crippen molar-refractivity contribution >= 4 is 61.0 Å². The van der Waals surface area contributed by atoms with Gasteiger partial charge >= 0.3 is 6.09 Å². The Kier molecular flexibility index (Phi) is 12.6. The van der Waals surface area contributed by atoms with E-state index in [9.17, 15) is 19.2 Å². The average molecular weight is 743 g/mol. The number of likely N-dealkylation sites (tertiary alicyclic amines) is 1. The van der Waals surface area contributed by atoms with E-state index in [2.05, 4.69) is 68.6 Å². The zero-order valence-electron chi connectivity index (χ0n) is 31.1. The highest BCUT2D eigenvalue weighted by atomic mass is 32.1. The van der Waals surface area contributed by atoms with Crippen LogP contribution in [0, 0.1) is 5.92 Å². The number of benzene rings is 2. The molecule has 0 saturated carbocycles. The minimum Gasteiger partial charge on any atom is -0.453 e. The van der Waals surface area contributed by atoms with Crippen molar-refractivity contribution in [3.8, 4) is 11.3 Å². The van der Waals surface area contributed by atoms with E-state index < -0.39 is 11.8 Å². The van der Waals surface area contributed by atoms with Crippen LogP contribution in [-0.4, -0.2) is 83.4 Å². The van der Waals surface area contributed by atoms with Crippen LogP contribution in [0.25, 0.3) is 37.1 Å². The van der Waals surface area contributed by atoms with Crippen LogP contribution in [0.3, 0.4) is 0 Å². The number of H-pyrrole nitrogens is 1. The molecule has 4 amide bonds. The summed E-state index contributed by atoms with van der Waals surface area (Å²) in [6.07, 6.45) is 5.65. The average Bonchev–Trinajstić information content (AvgIpc) is 3.89. The molecule has 1 fully saturated rings. The number of amides is 4. The van der Waals surface area contributed by atoms with E-state index in [-0.39, 0.29) is 36.7 Å². The summed E-state index contributed by atoms with van der Waals surface area (Å²) in [5.74, 6) is -0.128. The SMILES string of the molecule is C=C(CN(CCC)C(=O)CNC(=O)CC)N/C(=C\C)c1ccc2c(c1)sc1cc(-c3cnc([C@]4(N)[C@H](CC)CCN4C(=O)CNC(=O)OC)[nH]3)ccc12. The van der Waals surface area contributed by atoms with Crippen LogP contribution in [-0.2, 0) is 24.8 Å². The summed E-state index contributed by atoms with van der Waals surface area (Å²) < 4.78 is 6.85. The predicted molar refractivity (Wildman–Crippen MR) is 209 cm³/mol. The molecule has 0 aliphatic carbocycles. The molecule has 6 N–H and O–H groups in total. The molecule has 0 bridgehead atoms. The number of nitrogens with zero attached hydrogens (tertiary/aromatic N) is 3. The van der Waals surface area contributed by atoms with E-state index in [1.165, 1.54) is 7.11 Å². The highest BCUT2D eigenvalue weighted by molar-refractivity contribution is 7.25. The van der Waals surface area contributed by atoms with Crippen LogP contribution in [0.1, 0.15) is 64.8 Å². The molecule has 2 aromatic heterocycles. The Bertz CT molecular complexity index is 2040. The third kappa shape index (κ3) is 8.39. The molecular formula is C39H50N8O5S. The Labute approximate surface area is 314 Å². The molecule has 1 aliphatic rings. The fourth-order valence-electron chi connectivity index (χ4n) is 6.92. The summed E-state index contributed by atoms with van der Waals surface area (Å²) in [5, 5.41) is 10.8. The highest BCUT2D eigenvalue weighted by Gasteiger charge is 2.50. The number of thiophene rings is 1. The van der Waals surface area contributed by atoms with E-state index in [1.807, 2.05) is 26.8 Å². The quantitative estimate of drug-likeness (QED) is 0.108. The van der Waals surface area contributed by atoms with Gasteiger partial charge in [-0.1, -0.05) is 57.7 Å². The monoisotopic (exact) mass is 742 g/mol. The molecule has 282 valence electrons. The minimum atomic E-state index is -1.15. The number of allylic oxidation sites excluding steroid dienone is 1. The van der Waals surface area contributed by atoms with Gasteiger partial charge in [0, 0.05) is 62.6 Å². The van der Waals surface area contributed by atoms with Gasteiger partial charge in [0.05, 0.1) is 32.1 Å². The summed E-state index contributed by atoms with van der Waals surface area (Å²) in [7, 11) is 1.25. The first kappa shape index (κ1) is 39.0. The Hall–Kier alpha value is -5.21. The topological polar surface area (TPSA) is 175 Å². The number of rotatable bonds is 15. The number of carbonyl (C=O) groups excluding carboxylic acids is 4. The minimum absolute atomic E-state index is 0.0193. The van der Waals surface area contributed by atoms with Crippen LogP contribution >= 0.6 is 11.3 Å². The standard InChI is InChI=1S/C39H50N8O5S/c1-7-16-46(35(49)21-41-34(48)10-4)23-24(5)44-30(9-3)25-11-13-28-29-14-12-26(19-33(29)53-32(28)18-25)31-20-42-37(45-31)39(40)27(8-2)15-17-47(39)36(50)22-43-38(51)52-6/h9,11-14,18-20,27,44H,5,7-8,10,15-17,21-23,40H2,1-4,6H3,(H,41,48)(H,42,45)(H,43,51)/b30-9-/t27-,39+/m1/s1. The lowest BCUT2D eigenvalue weighted by Gasteiger charge is -2.37. The molecule has 5 rings (SSSR count). The molecule has 1 aliphatic heterocycles. The molecule has 0 radical (unpaired) electrons. The maximum atomic E-state index is 13.2. The molecule has 0 unspecified atom stereocenters. The smallest absolute Gasteiger partial charge is 0.407 e. The number of hydrogen-bond donors (Lipinski definition) is 5. The van der Waals surface area contributed by atoms with Crippen molar-refractivity contribution in [1.82, 2.24) is 35.7 Å². The number of fused-ring (bicyclic) bond motifs is 3. The van der Waals surface area contributed by atoms with Gasteiger partial charge in [0.25, 0.3) is 0 Å². The number of nitrogens with two attached hydrogens (primary N) is 1. The van der Waals surface area contributed by atoms with E-state index in [0.717, 1.165) is 62.0 Å². The fraction of sp³-hybridized carbons (Fsp3) is 0.410. The number of carbonyl (C=O) groups is 4. The lowest BCUT2D eigenvalue weighted by Crippen LogP contribution is -2.57.